The highest BCUT2D eigenvalue weighted by molar-refractivity contribution is 6.72. The topological polar surface area (TPSA) is 103 Å². The first-order valence-corrected chi connectivity index (χ1v) is 11.9. The van der Waals surface area contributed by atoms with Gasteiger partial charge in [0, 0.05) is 18.5 Å². The van der Waals surface area contributed by atoms with Crippen molar-refractivity contribution in [2.24, 2.45) is 5.92 Å². The van der Waals surface area contributed by atoms with E-state index in [0.717, 1.165) is 12.8 Å². The van der Waals surface area contributed by atoms with Crippen LogP contribution in [-0.2, 0) is 9.53 Å². The molecule has 1 aromatic rings. The molecule has 142 valence electrons. The summed E-state index contributed by atoms with van der Waals surface area (Å²) in [7, 11) is -2.44. The van der Waals surface area contributed by atoms with Crippen LogP contribution in [-0.4, -0.2) is 34.4 Å². The molecule has 0 aromatic carbocycles. The number of rotatable bonds is 5. The molecule has 0 unspecified atom stereocenters. The highest BCUT2D eigenvalue weighted by atomic mass is 28.4. The third-order valence-corrected chi connectivity index (χ3v) is 9.79. The van der Waals surface area contributed by atoms with E-state index in [1.807, 2.05) is 26.9 Å². The lowest BCUT2D eigenvalue weighted by atomic mass is 9.80. The molecule has 1 aliphatic heterocycles. The molecule has 1 aromatic heterocycles. The predicted octanol–water partition coefficient (Wildman–Crippen LogP) is 3.54. The number of ether oxygens (including phenoxy) is 1. The molecule has 1 saturated heterocycles. The number of carbonyl (C=O) groups is 1. The first kappa shape index (κ1) is 19.1. The number of nitrogens with zero attached hydrogens (tertiary/aromatic N) is 2. The maximum absolute atomic E-state index is 13.0. The van der Waals surface area contributed by atoms with Gasteiger partial charge in [0.2, 0.25) is 0 Å². The Labute approximate surface area is 154 Å². The summed E-state index contributed by atoms with van der Waals surface area (Å²) in [5, 5.41) is 11.0. The molecule has 26 heavy (non-hydrogen) atoms. The number of aromatic nitrogens is 1. The van der Waals surface area contributed by atoms with Gasteiger partial charge in [0.05, 0.1) is 22.2 Å². The zero-order chi connectivity index (χ0) is 19.3. The molecule has 2 aliphatic rings. The maximum atomic E-state index is 13.0. The fraction of sp³-hybridized carbons (Fsp3) is 0.667. The van der Waals surface area contributed by atoms with Crippen LogP contribution in [0.5, 0.6) is 0 Å². The Bertz CT molecular complexity index is 739. The number of pyridine rings is 1. The average molecular weight is 379 g/mol. The van der Waals surface area contributed by atoms with E-state index in [1.54, 1.807) is 6.07 Å². The minimum Gasteiger partial charge on any atom is -0.432 e. The van der Waals surface area contributed by atoms with Crippen LogP contribution in [0, 0.1) is 16.0 Å². The Morgan fingerprint density at radius 3 is 2.65 bits per heavy atom. The van der Waals surface area contributed by atoms with Gasteiger partial charge in [0.15, 0.2) is 8.32 Å². The first-order chi connectivity index (χ1) is 12.0. The van der Waals surface area contributed by atoms with Crippen LogP contribution in [0.25, 0.3) is 0 Å². The molecule has 2 fully saturated rings. The van der Waals surface area contributed by atoms with E-state index in [-0.39, 0.29) is 28.8 Å². The second kappa shape index (κ2) is 6.21. The van der Waals surface area contributed by atoms with Gasteiger partial charge in [0.1, 0.15) is 12.0 Å². The fourth-order valence-corrected chi connectivity index (χ4v) is 4.37. The largest absolute Gasteiger partial charge is 0.432 e. The second-order valence-electron chi connectivity index (χ2n) is 8.73. The van der Waals surface area contributed by atoms with Gasteiger partial charge in [-0.1, -0.05) is 13.8 Å². The van der Waals surface area contributed by atoms with Crippen molar-refractivity contribution < 1.29 is 19.3 Å². The number of Topliss-reactive ketones (excluding diaryl/α,β-unsaturated/α-hetero) is 1. The Hall–Kier alpha value is -1.64. The highest BCUT2D eigenvalue weighted by Gasteiger charge is 2.60. The Balaban J connectivity index is 1.86. The van der Waals surface area contributed by atoms with E-state index < -0.39 is 24.9 Å². The van der Waals surface area contributed by atoms with E-state index in [1.165, 1.54) is 12.4 Å². The molecule has 2 heterocycles. The quantitative estimate of drug-likeness (QED) is 0.477. The molecule has 2 atom stereocenters. The van der Waals surface area contributed by atoms with Crippen LogP contribution in [0.3, 0.4) is 0 Å². The van der Waals surface area contributed by atoms with E-state index >= 15 is 0 Å². The van der Waals surface area contributed by atoms with Gasteiger partial charge in [-0.2, -0.15) is 0 Å². The molecule has 0 bridgehead atoms. The predicted molar refractivity (Wildman–Crippen MR) is 98.2 cm³/mol. The Kier molecular flexibility index (Phi) is 4.57. The third kappa shape index (κ3) is 3.33. The number of ketones is 1. The van der Waals surface area contributed by atoms with Crippen molar-refractivity contribution in [1.29, 1.82) is 0 Å². The summed E-state index contributed by atoms with van der Waals surface area (Å²) in [4.78, 5) is 38.2. The van der Waals surface area contributed by atoms with Crippen LogP contribution >= 0.6 is 0 Å². The maximum Gasteiger partial charge on any atom is 0.293 e. The van der Waals surface area contributed by atoms with Crippen LogP contribution in [0.15, 0.2) is 18.5 Å². The van der Waals surface area contributed by atoms with Gasteiger partial charge in [-0.25, -0.2) is 0 Å². The summed E-state index contributed by atoms with van der Waals surface area (Å²) >= 11 is 0. The Morgan fingerprint density at radius 1 is 1.46 bits per heavy atom. The molecule has 8 heteroatoms. The van der Waals surface area contributed by atoms with Crippen molar-refractivity contribution in [2.75, 3.05) is 0 Å². The van der Waals surface area contributed by atoms with Crippen LogP contribution in [0.2, 0.25) is 18.1 Å². The standard InChI is InChI=1S/C18H26N2O5Si/c1-17(2,26(3,4)24)10-13-15(21)9-16(25-18(13)6-7-18)12-5-8-19-11-14(12)20(22)23/h5,8,11,13,16,24H,6-7,9-10H2,1-4H3/t13-,16+/m0/s1. The monoisotopic (exact) mass is 378 g/mol. The van der Waals surface area contributed by atoms with Crippen molar-refractivity contribution in [3.63, 3.8) is 0 Å². The number of hydrogen-bond donors (Lipinski definition) is 1. The lowest BCUT2D eigenvalue weighted by Crippen LogP contribution is -2.46. The van der Waals surface area contributed by atoms with Gasteiger partial charge in [-0.3, -0.25) is 19.9 Å². The summed E-state index contributed by atoms with van der Waals surface area (Å²) in [6.45, 7) is 7.82. The van der Waals surface area contributed by atoms with Crippen LogP contribution in [0.1, 0.15) is 51.2 Å². The van der Waals surface area contributed by atoms with Gasteiger partial charge in [-0.05, 0) is 43.5 Å². The lowest BCUT2D eigenvalue weighted by Gasteiger charge is -2.43. The minimum absolute atomic E-state index is 0.0798. The summed E-state index contributed by atoms with van der Waals surface area (Å²) < 4.78 is 6.28. The zero-order valence-electron chi connectivity index (χ0n) is 15.7. The molecule has 1 saturated carbocycles. The molecule has 3 rings (SSSR count). The van der Waals surface area contributed by atoms with Crippen molar-refractivity contribution in [3.05, 3.63) is 34.1 Å². The Morgan fingerprint density at radius 2 is 2.12 bits per heavy atom. The summed E-state index contributed by atoms with van der Waals surface area (Å²) in [5.74, 6) is -0.176. The molecular weight excluding hydrogens is 352 g/mol. The highest BCUT2D eigenvalue weighted by Crippen LogP contribution is 2.58. The third-order valence-electron chi connectivity index (χ3n) is 6.28. The van der Waals surface area contributed by atoms with E-state index in [2.05, 4.69) is 4.98 Å². The number of nitro groups is 1. The molecule has 1 N–H and O–H groups in total. The molecule has 0 amide bonds. The minimum atomic E-state index is -2.44. The molecule has 7 nitrogen and oxygen atoms in total. The van der Waals surface area contributed by atoms with E-state index in [4.69, 9.17) is 4.74 Å². The summed E-state index contributed by atoms with van der Waals surface area (Å²) in [6.07, 6.45) is 4.37. The van der Waals surface area contributed by atoms with Gasteiger partial charge in [-0.15, -0.1) is 0 Å². The van der Waals surface area contributed by atoms with Crippen molar-refractivity contribution in [2.45, 2.75) is 69.4 Å². The van der Waals surface area contributed by atoms with Gasteiger partial charge >= 0.3 is 0 Å². The van der Waals surface area contributed by atoms with Crippen molar-refractivity contribution >= 4 is 19.8 Å². The summed E-state index contributed by atoms with van der Waals surface area (Å²) in [6, 6.07) is 1.57. The number of hydrogen-bond acceptors (Lipinski definition) is 6. The van der Waals surface area contributed by atoms with Crippen LogP contribution in [0.4, 0.5) is 5.69 Å². The molecule has 1 aliphatic carbocycles. The first-order valence-electron chi connectivity index (χ1n) is 8.98. The average Bonchev–Trinajstić information content (AvgIpc) is 3.30. The van der Waals surface area contributed by atoms with E-state index in [0.29, 0.717) is 12.0 Å². The number of carbonyl (C=O) groups excluding carboxylic acids is 1. The van der Waals surface area contributed by atoms with Crippen molar-refractivity contribution in [3.8, 4) is 0 Å². The van der Waals surface area contributed by atoms with Gasteiger partial charge in [0.25, 0.3) is 5.69 Å². The lowest BCUT2D eigenvalue weighted by molar-refractivity contribution is -0.386. The second-order valence-corrected chi connectivity index (χ2v) is 13.2. The van der Waals surface area contributed by atoms with E-state index in [9.17, 15) is 19.7 Å². The fourth-order valence-electron chi connectivity index (χ4n) is 3.67. The SMILES string of the molecule is CC(C)(C[C@H]1C(=O)C[C@H](c2ccncc2[N+](=O)[O-])OC12CC2)[Si](C)(C)O. The molecule has 1 spiro atoms. The van der Waals surface area contributed by atoms with Crippen LogP contribution < -0.4 is 0 Å². The van der Waals surface area contributed by atoms with Crippen molar-refractivity contribution in [1.82, 2.24) is 4.98 Å². The molecule has 0 radical (unpaired) electrons. The zero-order valence-corrected chi connectivity index (χ0v) is 16.7. The summed E-state index contributed by atoms with van der Waals surface area (Å²) in [5.41, 5.74) is -0.225. The van der Waals surface area contributed by atoms with Gasteiger partial charge < -0.3 is 9.53 Å². The smallest absolute Gasteiger partial charge is 0.293 e. The normalized spacial score (nSPS) is 25.3. The molecular formula is C18H26N2O5Si.